The van der Waals surface area contributed by atoms with Gasteiger partial charge in [0.05, 0.1) is 12.6 Å². The number of hydrogen-bond donors (Lipinski definition) is 1. The Hall–Kier alpha value is -2.12. The molecule has 1 saturated heterocycles. The minimum atomic E-state index is -0.298. The van der Waals surface area contributed by atoms with Gasteiger partial charge in [0.15, 0.2) is 0 Å². The van der Waals surface area contributed by atoms with Crippen molar-refractivity contribution in [2.45, 2.75) is 18.9 Å². The topological polar surface area (TPSA) is 49.4 Å². The van der Waals surface area contributed by atoms with Crippen LogP contribution in [-0.4, -0.2) is 36.3 Å². The van der Waals surface area contributed by atoms with Crippen LogP contribution in [0.4, 0.5) is 0 Å². The second kappa shape index (κ2) is 6.17. The number of amides is 2. The summed E-state index contributed by atoms with van der Waals surface area (Å²) >= 11 is 0. The fourth-order valence-corrected chi connectivity index (χ4v) is 1.95. The summed E-state index contributed by atoms with van der Waals surface area (Å²) in [6.07, 6.45) is 0.959. The van der Waals surface area contributed by atoms with E-state index in [1.165, 1.54) is 11.9 Å². The number of nitrogens with zero attached hydrogens (tertiary/aromatic N) is 1. The molecule has 1 fully saturated rings. The molecule has 0 aliphatic carbocycles. The number of nitrogens with one attached hydrogen (secondary N) is 1. The molecular formula is C15H16N2O2. The normalized spacial score (nSPS) is 19.0. The third-order valence-electron chi connectivity index (χ3n) is 3.09. The molecular weight excluding hydrogens is 240 g/mol. The molecule has 0 aromatic heterocycles. The largest absolute Gasteiger partial charge is 0.295 e. The first-order chi connectivity index (χ1) is 9.18. The Kier molecular flexibility index (Phi) is 4.32. The average molecular weight is 256 g/mol. The van der Waals surface area contributed by atoms with Crippen molar-refractivity contribution in [2.75, 3.05) is 13.6 Å². The molecule has 2 amide bonds. The number of likely N-dealkylation sites (N-methyl/N-ethyl adjacent to an activating group) is 1. The highest BCUT2D eigenvalue weighted by molar-refractivity contribution is 6.00. The van der Waals surface area contributed by atoms with Crippen molar-refractivity contribution in [1.82, 2.24) is 10.2 Å². The molecule has 0 spiro atoms. The van der Waals surface area contributed by atoms with Crippen molar-refractivity contribution in [3.05, 3.63) is 35.9 Å². The van der Waals surface area contributed by atoms with Gasteiger partial charge in [-0.25, -0.2) is 0 Å². The lowest BCUT2D eigenvalue weighted by Gasteiger charge is -2.27. The molecule has 0 saturated carbocycles. The summed E-state index contributed by atoms with van der Waals surface area (Å²) < 4.78 is 0. The molecule has 1 heterocycles. The van der Waals surface area contributed by atoms with Crippen molar-refractivity contribution in [2.24, 2.45) is 0 Å². The minimum Gasteiger partial charge on any atom is -0.295 e. The van der Waals surface area contributed by atoms with Gasteiger partial charge in [0, 0.05) is 19.0 Å². The maximum atomic E-state index is 11.8. The van der Waals surface area contributed by atoms with Crippen molar-refractivity contribution in [1.29, 1.82) is 0 Å². The zero-order valence-electron chi connectivity index (χ0n) is 10.8. The summed E-state index contributed by atoms with van der Waals surface area (Å²) in [5.41, 5.74) is 0.951. The molecule has 1 atom stereocenters. The van der Waals surface area contributed by atoms with Gasteiger partial charge in [-0.15, -0.1) is 0 Å². The van der Waals surface area contributed by atoms with Crippen LogP contribution in [0.2, 0.25) is 0 Å². The monoisotopic (exact) mass is 256 g/mol. The molecule has 1 unspecified atom stereocenters. The Morgan fingerprint density at radius 1 is 1.32 bits per heavy atom. The van der Waals surface area contributed by atoms with Crippen LogP contribution in [-0.2, 0) is 9.59 Å². The number of piperidine rings is 1. The van der Waals surface area contributed by atoms with Crippen LogP contribution >= 0.6 is 0 Å². The van der Waals surface area contributed by atoms with Gasteiger partial charge >= 0.3 is 0 Å². The molecule has 2 rings (SSSR count). The average Bonchev–Trinajstić information content (AvgIpc) is 2.44. The molecule has 1 aromatic carbocycles. The van der Waals surface area contributed by atoms with Crippen LogP contribution in [0, 0.1) is 11.8 Å². The van der Waals surface area contributed by atoms with Gasteiger partial charge in [0.25, 0.3) is 0 Å². The number of rotatable bonds is 2. The first-order valence-corrected chi connectivity index (χ1v) is 6.26. The number of carbonyl (C=O) groups is 2. The molecule has 98 valence electrons. The zero-order chi connectivity index (χ0) is 13.7. The predicted molar refractivity (Wildman–Crippen MR) is 72.1 cm³/mol. The van der Waals surface area contributed by atoms with Crippen LogP contribution < -0.4 is 5.32 Å². The summed E-state index contributed by atoms with van der Waals surface area (Å²) in [7, 11) is 1.52. The van der Waals surface area contributed by atoms with Crippen LogP contribution in [0.3, 0.4) is 0 Å². The van der Waals surface area contributed by atoms with E-state index >= 15 is 0 Å². The van der Waals surface area contributed by atoms with Gasteiger partial charge in [-0.1, -0.05) is 30.0 Å². The van der Waals surface area contributed by atoms with Crippen molar-refractivity contribution < 1.29 is 9.59 Å². The van der Waals surface area contributed by atoms with Crippen molar-refractivity contribution in [3.8, 4) is 11.8 Å². The highest BCUT2D eigenvalue weighted by Gasteiger charge is 2.30. The van der Waals surface area contributed by atoms with Gasteiger partial charge in [-0.3, -0.25) is 19.8 Å². The second-order valence-corrected chi connectivity index (χ2v) is 4.43. The number of hydrogen-bond acceptors (Lipinski definition) is 3. The Morgan fingerprint density at radius 3 is 2.79 bits per heavy atom. The lowest BCUT2D eigenvalue weighted by molar-refractivity contribution is -0.147. The minimum absolute atomic E-state index is 0.113. The summed E-state index contributed by atoms with van der Waals surface area (Å²) in [5, 5.41) is 3.08. The standard InChI is InChI=1S/C15H16N2O2/c1-17-14(18)10-9-13(15(17)19)16-11-5-8-12-6-3-2-4-7-12/h2-4,6-7,13,16H,9-11H2,1H3. The second-order valence-electron chi connectivity index (χ2n) is 4.43. The fourth-order valence-electron chi connectivity index (χ4n) is 1.95. The Labute approximate surface area is 112 Å². The van der Waals surface area contributed by atoms with Crippen LogP contribution in [0.25, 0.3) is 0 Å². The highest BCUT2D eigenvalue weighted by atomic mass is 16.2. The van der Waals surface area contributed by atoms with Crippen molar-refractivity contribution in [3.63, 3.8) is 0 Å². The van der Waals surface area contributed by atoms with Gasteiger partial charge in [-0.2, -0.15) is 0 Å². The quantitative estimate of drug-likeness (QED) is 0.628. The molecule has 1 N–H and O–H groups in total. The molecule has 0 radical (unpaired) electrons. The molecule has 0 bridgehead atoms. The van der Waals surface area contributed by atoms with E-state index in [1.54, 1.807) is 0 Å². The van der Waals surface area contributed by atoms with Gasteiger partial charge in [-0.05, 0) is 18.6 Å². The van der Waals surface area contributed by atoms with E-state index in [1.807, 2.05) is 30.3 Å². The third-order valence-corrected chi connectivity index (χ3v) is 3.09. The lowest BCUT2D eigenvalue weighted by atomic mass is 10.0. The van der Waals surface area contributed by atoms with E-state index < -0.39 is 0 Å². The maximum absolute atomic E-state index is 11.8. The predicted octanol–water partition coefficient (Wildman–Crippen LogP) is 0.775. The first-order valence-electron chi connectivity index (χ1n) is 6.26. The number of likely N-dealkylation sites (tertiary alicyclic amines) is 1. The van der Waals surface area contributed by atoms with Crippen molar-refractivity contribution >= 4 is 11.8 Å². The van der Waals surface area contributed by atoms with Gasteiger partial charge < -0.3 is 0 Å². The lowest BCUT2D eigenvalue weighted by Crippen LogP contribution is -2.51. The Morgan fingerprint density at radius 2 is 2.05 bits per heavy atom. The van der Waals surface area contributed by atoms with Gasteiger partial charge in [0.2, 0.25) is 11.8 Å². The van der Waals surface area contributed by atoms with E-state index in [0.29, 0.717) is 19.4 Å². The molecule has 1 aliphatic heterocycles. The van der Waals surface area contributed by atoms with E-state index in [9.17, 15) is 9.59 Å². The van der Waals surface area contributed by atoms with E-state index in [-0.39, 0.29) is 17.9 Å². The van der Waals surface area contributed by atoms with E-state index in [2.05, 4.69) is 17.2 Å². The number of carbonyl (C=O) groups excluding carboxylic acids is 2. The summed E-state index contributed by atoms with van der Waals surface area (Å²) in [6.45, 7) is 0.438. The fraction of sp³-hybridized carbons (Fsp3) is 0.333. The zero-order valence-corrected chi connectivity index (χ0v) is 10.8. The first kappa shape index (κ1) is 13.3. The van der Waals surface area contributed by atoms with E-state index in [0.717, 1.165) is 5.56 Å². The third kappa shape index (κ3) is 3.43. The summed E-state index contributed by atoms with van der Waals surface area (Å²) in [6, 6.07) is 9.38. The number of imide groups is 1. The van der Waals surface area contributed by atoms with Crippen LogP contribution in [0.1, 0.15) is 18.4 Å². The molecule has 4 heteroatoms. The SMILES string of the molecule is CN1C(=O)CCC(NCC#Cc2ccccc2)C1=O. The maximum Gasteiger partial charge on any atom is 0.246 e. The molecule has 1 aliphatic rings. The molecule has 19 heavy (non-hydrogen) atoms. The Bertz CT molecular complexity index is 528. The summed E-state index contributed by atoms with van der Waals surface area (Å²) in [4.78, 5) is 24.3. The van der Waals surface area contributed by atoms with E-state index in [4.69, 9.17) is 0 Å². The van der Waals surface area contributed by atoms with Crippen LogP contribution in [0.5, 0.6) is 0 Å². The molecule has 1 aromatic rings. The number of benzene rings is 1. The highest BCUT2D eigenvalue weighted by Crippen LogP contribution is 2.10. The van der Waals surface area contributed by atoms with Crippen LogP contribution in [0.15, 0.2) is 30.3 Å². The Balaban J connectivity index is 1.85. The smallest absolute Gasteiger partial charge is 0.246 e. The van der Waals surface area contributed by atoms with Gasteiger partial charge in [0.1, 0.15) is 0 Å². The summed E-state index contributed by atoms with van der Waals surface area (Å²) in [5.74, 6) is 5.71. The molecule has 4 nitrogen and oxygen atoms in total.